The summed E-state index contributed by atoms with van der Waals surface area (Å²) in [6, 6.07) is -0.707. The first kappa shape index (κ1) is 11.3. The molecule has 0 saturated carbocycles. The summed E-state index contributed by atoms with van der Waals surface area (Å²) in [7, 11) is 0. The van der Waals surface area contributed by atoms with E-state index >= 15 is 0 Å². The second-order valence-electron chi connectivity index (χ2n) is 4.20. The largest absolute Gasteiger partial charge is 0.396 e. The Labute approximate surface area is 92.8 Å². The van der Waals surface area contributed by atoms with Crippen LogP contribution in [0.3, 0.4) is 0 Å². The number of nitrogens with two attached hydrogens (primary N) is 1. The zero-order valence-corrected chi connectivity index (χ0v) is 9.16. The van der Waals surface area contributed by atoms with Gasteiger partial charge in [0.05, 0.1) is 29.7 Å². The molecule has 0 amide bonds. The Balaban J connectivity index is 2.13. The Bertz CT molecular complexity index is 364. The number of alkyl halides is 2. The van der Waals surface area contributed by atoms with Gasteiger partial charge in [0, 0.05) is 0 Å². The second-order valence-corrected chi connectivity index (χ2v) is 4.20. The maximum Gasteiger partial charge on any atom is 0.253 e. The molecule has 0 aromatic carbocycles. The third-order valence-electron chi connectivity index (χ3n) is 3.14. The van der Waals surface area contributed by atoms with Gasteiger partial charge in [0.15, 0.2) is 0 Å². The number of anilines is 1. The van der Waals surface area contributed by atoms with Crippen LogP contribution < -0.4 is 11.1 Å². The molecule has 0 aliphatic carbocycles. The van der Waals surface area contributed by atoms with E-state index in [0.29, 0.717) is 18.7 Å². The van der Waals surface area contributed by atoms with Crippen molar-refractivity contribution in [1.29, 1.82) is 0 Å². The number of nitrogens with zero attached hydrogens (tertiary/aromatic N) is 2. The van der Waals surface area contributed by atoms with E-state index in [-0.39, 0.29) is 6.04 Å². The third kappa shape index (κ3) is 2.02. The average Bonchev–Trinajstić information content (AvgIpc) is 2.60. The highest BCUT2D eigenvalue weighted by Gasteiger charge is 2.29. The molecule has 16 heavy (non-hydrogen) atoms. The second kappa shape index (κ2) is 4.37. The fourth-order valence-corrected chi connectivity index (χ4v) is 2.15. The SMILES string of the molecule is Cc1c(N)cnn1[C@@H]1CCN[C@@H](C(F)F)C1. The van der Waals surface area contributed by atoms with Gasteiger partial charge in [-0.05, 0) is 26.3 Å². The number of halogens is 2. The molecule has 2 heterocycles. The average molecular weight is 230 g/mol. The van der Waals surface area contributed by atoms with Gasteiger partial charge in [-0.15, -0.1) is 0 Å². The summed E-state index contributed by atoms with van der Waals surface area (Å²) in [6.45, 7) is 2.46. The van der Waals surface area contributed by atoms with Gasteiger partial charge in [-0.3, -0.25) is 4.68 Å². The molecule has 2 atom stereocenters. The third-order valence-corrected chi connectivity index (χ3v) is 3.14. The van der Waals surface area contributed by atoms with Crippen LogP contribution in [-0.4, -0.2) is 28.8 Å². The van der Waals surface area contributed by atoms with Crippen LogP contribution in [0.1, 0.15) is 24.6 Å². The van der Waals surface area contributed by atoms with Crippen molar-refractivity contribution in [3.05, 3.63) is 11.9 Å². The summed E-state index contributed by atoms with van der Waals surface area (Å²) in [5.74, 6) is 0. The number of aromatic nitrogens is 2. The minimum atomic E-state index is -2.32. The van der Waals surface area contributed by atoms with E-state index in [0.717, 1.165) is 12.1 Å². The number of nitrogen functional groups attached to an aromatic ring is 1. The number of hydrogen-bond acceptors (Lipinski definition) is 3. The zero-order chi connectivity index (χ0) is 11.7. The Morgan fingerprint density at radius 3 is 2.94 bits per heavy atom. The zero-order valence-electron chi connectivity index (χ0n) is 9.16. The standard InChI is InChI=1S/C10H16F2N4/c1-6-8(13)5-15-16(6)7-2-3-14-9(4-7)10(11)12/h5,7,9-10,14H,2-4,13H2,1H3/t7-,9-/m1/s1. The molecule has 90 valence electrons. The molecule has 1 aliphatic heterocycles. The fraction of sp³-hybridized carbons (Fsp3) is 0.700. The van der Waals surface area contributed by atoms with Crippen LogP contribution >= 0.6 is 0 Å². The van der Waals surface area contributed by atoms with Crippen LogP contribution in [0.5, 0.6) is 0 Å². The van der Waals surface area contributed by atoms with Crippen molar-refractivity contribution in [2.45, 2.75) is 38.3 Å². The van der Waals surface area contributed by atoms with Gasteiger partial charge < -0.3 is 11.1 Å². The quantitative estimate of drug-likeness (QED) is 0.806. The highest BCUT2D eigenvalue weighted by molar-refractivity contribution is 5.39. The summed E-state index contributed by atoms with van der Waals surface area (Å²) < 4.78 is 27.0. The van der Waals surface area contributed by atoms with Gasteiger partial charge in [0.1, 0.15) is 0 Å². The van der Waals surface area contributed by atoms with E-state index in [2.05, 4.69) is 10.4 Å². The van der Waals surface area contributed by atoms with Gasteiger partial charge in [0.25, 0.3) is 6.43 Å². The molecule has 0 spiro atoms. The molecule has 2 rings (SSSR count). The van der Waals surface area contributed by atoms with Crippen molar-refractivity contribution >= 4 is 5.69 Å². The number of nitrogens with one attached hydrogen (secondary N) is 1. The first-order chi connectivity index (χ1) is 7.59. The normalized spacial score (nSPS) is 26.2. The molecular weight excluding hydrogens is 214 g/mol. The summed E-state index contributed by atoms with van der Waals surface area (Å²) in [6.07, 6.45) is 0.468. The lowest BCUT2D eigenvalue weighted by molar-refractivity contribution is 0.0716. The van der Waals surface area contributed by atoms with Crippen molar-refractivity contribution in [1.82, 2.24) is 15.1 Å². The van der Waals surface area contributed by atoms with Crippen LogP contribution in [0.2, 0.25) is 0 Å². The Morgan fingerprint density at radius 2 is 2.38 bits per heavy atom. The maximum atomic E-state index is 12.6. The Hall–Kier alpha value is -1.17. The molecule has 1 fully saturated rings. The predicted octanol–water partition coefficient (Wildman–Crippen LogP) is 1.33. The van der Waals surface area contributed by atoms with Crippen LogP contribution in [0.15, 0.2) is 6.20 Å². The molecule has 3 N–H and O–H groups in total. The first-order valence-corrected chi connectivity index (χ1v) is 5.40. The van der Waals surface area contributed by atoms with Crippen LogP contribution in [0.25, 0.3) is 0 Å². The van der Waals surface area contributed by atoms with Crippen molar-refractivity contribution in [2.24, 2.45) is 0 Å². The molecule has 1 saturated heterocycles. The molecule has 0 bridgehead atoms. The van der Waals surface area contributed by atoms with E-state index in [4.69, 9.17) is 5.73 Å². The summed E-state index contributed by atoms with van der Waals surface area (Å²) in [5, 5.41) is 6.97. The summed E-state index contributed by atoms with van der Waals surface area (Å²) >= 11 is 0. The van der Waals surface area contributed by atoms with Crippen LogP contribution in [0.4, 0.5) is 14.5 Å². The van der Waals surface area contributed by atoms with Crippen molar-refractivity contribution in [2.75, 3.05) is 12.3 Å². The Kier molecular flexibility index (Phi) is 3.09. The molecule has 0 radical (unpaired) electrons. The van der Waals surface area contributed by atoms with Gasteiger partial charge >= 0.3 is 0 Å². The molecule has 6 heteroatoms. The van der Waals surface area contributed by atoms with E-state index in [9.17, 15) is 8.78 Å². The van der Waals surface area contributed by atoms with Crippen LogP contribution in [-0.2, 0) is 0 Å². The minimum absolute atomic E-state index is 0.0255. The predicted molar refractivity (Wildman–Crippen MR) is 57.4 cm³/mol. The highest BCUT2D eigenvalue weighted by atomic mass is 19.3. The number of piperidine rings is 1. The maximum absolute atomic E-state index is 12.6. The first-order valence-electron chi connectivity index (χ1n) is 5.40. The van der Waals surface area contributed by atoms with Gasteiger partial charge in [-0.1, -0.05) is 0 Å². The number of rotatable bonds is 2. The lowest BCUT2D eigenvalue weighted by Crippen LogP contribution is -2.43. The van der Waals surface area contributed by atoms with E-state index in [1.54, 1.807) is 10.9 Å². The van der Waals surface area contributed by atoms with Gasteiger partial charge in [0.2, 0.25) is 0 Å². The summed E-state index contributed by atoms with van der Waals surface area (Å²) in [4.78, 5) is 0. The van der Waals surface area contributed by atoms with E-state index in [1.807, 2.05) is 6.92 Å². The van der Waals surface area contributed by atoms with Crippen LogP contribution in [0, 0.1) is 6.92 Å². The van der Waals surface area contributed by atoms with E-state index in [1.165, 1.54) is 0 Å². The molecule has 1 aliphatic rings. The lowest BCUT2D eigenvalue weighted by atomic mass is 9.99. The fourth-order valence-electron chi connectivity index (χ4n) is 2.15. The smallest absolute Gasteiger partial charge is 0.253 e. The van der Waals surface area contributed by atoms with Crippen molar-refractivity contribution in [3.63, 3.8) is 0 Å². The summed E-state index contributed by atoms with van der Waals surface area (Å²) in [5.41, 5.74) is 7.17. The monoisotopic (exact) mass is 230 g/mol. The highest BCUT2D eigenvalue weighted by Crippen LogP contribution is 2.26. The van der Waals surface area contributed by atoms with Crippen molar-refractivity contribution < 1.29 is 8.78 Å². The molecule has 4 nitrogen and oxygen atoms in total. The number of hydrogen-bond donors (Lipinski definition) is 2. The molecular formula is C10H16F2N4. The molecule has 1 aromatic rings. The van der Waals surface area contributed by atoms with Gasteiger partial charge in [-0.25, -0.2) is 8.78 Å². The molecule has 1 aromatic heterocycles. The lowest BCUT2D eigenvalue weighted by Gasteiger charge is -2.30. The topological polar surface area (TPSA) is 55.9 Å². The Morgan fingerprint density at radius 1 is 1.62 bits per heavy atom. The minimum Gasteiger partial charge on any atom is -0.396 e. The van der Waals surface area contributed by atoms with Crippen molar-refractivity contribution in [3.8, 4) is 0 Å². The molecule has 0 unspecified atom stereocenters. The van der Waals surface area contributed by atoms with E-state index < -0.39 is 12.5 Å². The van der Waals surface area contributed by atoms with Gasteiger partial charge in [-0.2, -0.15) is 5.10 Å².